The first-order chi connectivity index (χ1) is 4.29. The molecule has 0 aromatic carbocycles. The Balaban J connectivity index is 0. The fourth-order valence-corrected chi connectivity index (χ4v) is 0. The Labute approximate surface area is 56.9 Å². The molecular formula is C3H7F3O3S. The average Bonchev–Trinajstić information content (AvgIpc) is 1.63. The van der Waals surface area contributed by atoms with Crippen molar-refractivity contribution in [3.05, 3.63) is 0 Å². The SMILES string of the molecule is COS(C)(=O)=O.FC(F)F. The van der Waals surface area contributed by atoms with Crippen molar-refractivity contribution in [1.82, 2.24) is 0 Å². The molecule has 0 radical (unpaired) electrons. The van der Waals surface area contributed by atoms with E-state index in [1.54, 1.807) is 0 Å². The third-order valence-corrected chi connectivity index (χ3v) is 0.908. The van der Waals surface area contributed by atoms with Crippen LogP contribution in [0.4, 0.5) is 13.2 Å². The zero-order chi connectivity index (χ0) is 8.78. The third kappa shape index (κ3) is 47.4. The van der Waals surface area contributed by atoms with Gasteiger partial charge < -0.3 is 0 Å². The number of rotatable bonds is 1. The molecule has 0 aromatic rings. The summed E-state index contributed by atoms with van der Waals surface area (Å²) in [7, 11) is -2.04. The van der Waals surface area contributed by atoms with Gasteiger partial charge in [0.1, 0.15) is 0 Å². The maximum atomic E-state index is 9.78. The lowest BCUT2D eigenvalue weighted by Crippen LogP contribution is -1.95. The summed E-state index contributed by atoms with van der Waals surface area (Å²) in [5.41, 5.74) is 0. The Hall–Kier alpha value is -0.300. The summed E-state index contributed by atoms with van der Waals surface area (Å²) < 4.78 is 52.5. The molecule has 0 fully saturated rings. The van der Waals surface area contributed by atoms with Crippen LogP contribution in [-0.4, -0.2) is 28.5 Å². The molecule has 0 heterocycles. The Kier molecular flexibility index (Phi) is 6.79. The van der Waals surface area contributed by atoms with Crippen LogP contribution in [0.5, 0.6) is 0 Å². The van der Waals surface area contributed by atoms with Gasteiger partial charge in [-0.2, -0.15) is 21.6 Å². The first kappa shape index (κ1) is 12.4. The maximum absolute atomic E-state index is 9.78. The van der Waals surface area contributed by atoms with Crippen LogP contribution in [0.3, 0.4) is 0 Å². The molecule has 0 saturated heterocycles. The van der Waals surface area contributed by atoms with E-state index >= 15 is 0 Å². The van der Waals surface area contributed by atoms with E-state index in [1.807, 2.05) is 0 Å². The van der Waals surface area contributed by atoms with Crippen LogP contribution in [0.1, 0.15) is 0 Å². The summed E-state index contributed by atoms with van der Waals surface area (Å²) in [5.74, 6) is 0. The normalized spacial score (nSPS) is 10.6. The van der Waals surface area contributed by atoms with Crippen LogP contribution in [0, 0.1) is 0 Å². The second-order valence-corrected chi connectivity index (χ2v) is 2.86. The van der Waals surface area contributed by atoms with Gasteiger partial charge in [0.05, 0.1) is 13.4 Å². The molecule has 3 nitrogen and oxygen atoms in total. The van der Waals surface area contributed by atoms with E-state index in [1.165, 1.54) is 0 Å². The van der Waals surface area contributed by atoms with Crippen molar-refractivity contribution in [3.8, 4) is 0 Å². The monoisotopic (exact) mass is 180 g/mol. The molecule has 64 valence electrons. The first-order valence-electron chi connectivity index (χ1n) is 1.97. The number of halogens is 3. The lowest BCUT2D eigenvalue weighted by Gasteiger charge is -1.84. The van der Waals surface area contributed by atoms with Crippen LogP contribution in [0.2, 0.25) is 0 Å². The minimum absolute atomic E-state index is 0.993. The van der Waals surface area contributed by atoms with Crippen LogP contribution < -0.4 is 0 Å². The van der Waals surface area contributed by atoms with Crippen molar-refractivity contribution in [3.63, 3.8) is 0 Å². The van der Waals surface area contributed by atoms with E-state index in [-0.39, 0.29) is 0 Å². The number of hydrogen-bond donors (Lipinski definition) is 0. The van der Waals surface area contributed by atoms with Gasteiger partial charge >= 0.3 is 6.68 Å². The molecule has 0 aliphatic carbocycles. The Morgan fingerprint density at radius 1 is 1.30 bits per heavy atom. The third-order valence-electron chi connectivity index (χ3n) is 0.303. The number of hydrogen-bond acceptors (Lipinski definition) is 3. The zero-order valence-corrected chi connectivity index (χ0v) is 6.16. The van der Waals surface area contributed by atoms with Crippen molar-refractivity contribution in [2.75, 3.05) is 13.4 Å². The lowest BCUT2D eigenvalue weighted by molar-refractivity contribution is 0.00819. The highest BCUT2D eigenvalue weighted by atomic mass is 32.2. The Morgan fingerprint density at radius 3 is 1.40 bits per heavy atom. The molecule has 0 bridgehead atoms. The minimum atomic E-state index is -3.67. The molecular weight excluding hydrogens is 173 g/mol. The molecule has 0 atom stereocenters. The van der Waals surface area contributed by atoms with Gasteiger partial charge in [0.15, 0.2) is 0 Å². The second-order valence-electron chi connectivity index (χ2n) is 1.12. The van der Waals surface area contributed by atoms with Crippen molar-refractivity contribution < 1.29 is 25.8 Å². The molecule has 0 unspecified atom stereocenters. The molecule has 0 saturated carbocycles. The topological polar surface area (TPSA) is 43.4 Å². The van der Waals surface area contributed by atoms with Crippen molar-refractivity contribution in [1.29, 1.82) is 0 Å². The number of alkyl halides is 3. The molecule has 0 spiro atoms. The second kappa shape index (κ2) is 5.48. The smallest absolute Gasteiger partial charge is 0.274 e. The fourth-order valence-electron chi connectivity index (χ4n) is 0. The van der Waals surface area contributed by atoms with Gasteiger partial charge in [-0.15, -0.1) is 0 Å². The van der Waals surface area contributed by atoms with Crippen molar-refractivity contribution in [2.45, 2.75) is 6.68 Å². The molecule has 0 N–H and O–H groups in total. The van der Waals surface area contributed by atoms with E-state index < -0.39 is 16.8 Å². The van der Waals surface area contributed by atoms with Crippen LogP contribution in [-0.2, 0) is 14.3 Å². The average molecular weight is 180 g/mol. The van der Waals surface area contributed by atoms with E-state index in [4.69, 9.17) is 0 Å². The zero-order valence-electron chi connectivity index (χ0n) is 5.34. The van der Waals surface area contributed by atoms with Crippen LogP contribution in [0.15, 0.2) is 0 Å². The molecule has 0 aliphatic rings. The van der Waals surface area contributed by atoms with Crippen molar-refractivity contribution in [2.24, 2.45) is 0 Å². The van der Waals surface area contributed by atoms with Crippen LogP contribution in [0.25, 0.3) is 0 Å². The molecule has 0 amide bonds. The summed E-state index contributed by atoms with van der Waals surface area (Å²) in [5, 5.41) is 0. The van der Waals surface area contributed by atoms with E-state index in [2.05, 4.69) is 4.18 Å². The summed E-state index contributed by atoms with van der Waals surface area (Å²) in [4.78, 5) is 0. The van der Waals surface area contributed by atoms with Gasteiger partial charge in [-0.05, 0) is 0 Å². The standard InChI is InChI=1S/C2H6O3S.CHF3/c1-5-6(2,3)4;2-1(3)4/h1-2H3;1H. The molecule has 0 aromatic heterocycles. The highest BCUT2D eigenvalue weighted by Crippen LogP contribution is 1.87. The summed E-state index contributed by atoms with van der Waals surface area (Å²) in [6.45, 7) is -3.67. The van der Waals surface area contributed by atoms with Gasteiger partial charge in [-0.25, -0.2) is 0 Å². The predicted octanol–water partition coefficient (Wildman–Crippen LogP) is 0.771. The highest BCUT2D eigenvalue weighted by molar-refractivity contribution is 7.85. The van der Waals surface area contributed by atoms with E-state index in [9.17, 15) is 21.6 Å². The molecule has 0 rings (SSSR count). The lowest BCUT2D eigenvalue weighted by atomic mass is 11.6. The molecule has 10 heavy (non-hydrogen) atoms. The quantitative estimate of drug-likeness (QED) is 0.560. The first-order valence-corrected chi connectivity index (χ1v) is 3.79. The Bertz CT molecular complexity index is 150. The van der Waals surface area contributed by atoms with Gasteiger partial charge in [0.2, 0.25) is 0 Å². The van der Waals surface area contributed by atoms with E-state index in [0.29, 0.717) is 0 Å². The highest BCUT2D eigenvalue weighted by Gasteiger charge is 1.90. The fraction of sp³-hybridized carbons (Fsp3) is 1.00. The molecule has 0 aliphatic heterocycles. The van der Waals surface area contributed by atoms with Gasteiger partial charge in [0.25, 0.3) is 10.1 Å². The summed E-state index contributed by atoms with van der Waals surface area (Å²) in [6, 6.07) is 0. The van der Waals surface area contributed by atoms with E-state index in [0.717, 1.165) is 13.4 Å². The van der Waals surface area contributed by atoms with Gasteiger partial charge in [-0.1, -0.05) is 0 Å². The Morgan fingerprint density at radius 2 is 1.40 bits per heavy atom. The predicted molar refractivity (Wildman–Crippen MR) is 29.0 cm³/mol. The molecule has 7 heteroatoms. The minimum Gasteiger partial charge on any atom is -0.274 e. The largest absolute Gasteiger partial charge is 0.379 e. The van der Waals surface area contributed by atoms with Gasteiger partial charge in [-0.3, -0.25) is 4.18 Å². The summed E-state index contributed by atoms with van der Waals surface area (Å²) in [6.07, 6.45) is 0.993. The van der Waals surface area contributed by atoms with Crippen molar-refractivity contribution >= 4 is 10.1 Å². The van der Waals surface area contributed by atoms with Gasteiger partial charge in [0, 0.05) is 0 Å². The van der Waals surface area contributed by atoms with Crippen LogP contribution >= 0.6 is 0 Å². The summed E-state index contributed by atoms with van der Waals surface area (Å²) >= 11 is 0. The maximum Gasteiger partial charge on any atom is 0.379 e.